The van der Waals surface area contributed by atoms with E-state index >= 15 is 0 Å². The molecule has 0 fully saturated rings. The molecule has 0 bridgehead atoms. The smallest absolute Gasteiger partial charge is 0.258 e. The fourth-order valence-corrected chi connectivity index (χ4v) is 2.53. The maximum absolute atomic E-state index is 13.0. The number of furan rings is 1. The second-order valence-electron chi connectivity index (χ2n) is 5.34. The van der Waals surface area contributed by atoms with E-state index in [2.05, 4.69) is 5.32 Å². The van der Waals surface area contributed by atoms with Crippen molar-refractivity contribution >= 4 is 28.5 Å². The van der Waals surface area contributed by atoms with Gasteiger partial charge in [0.25, 0.3) is 5.91 Å². The lowest BCUT2D eigenvalue weighted by molar-refractivity contribution is -0.123. The van der Waals surface area contributed by atoms with Crippen molar-refractivity contribution in [1.82, 2.24) is 5.32 Å². The largest absolute Gasteiger partial charge is 0.482 e. The molecular weight excluding hydrogens is 333 g/mol. The molecule has 124 valence electrons. The van der Waals surface area contributed by atoms with Crippen molar-refractivity contribution in [3.8, 4) is 5.75 Å². The topological polar surface area (TPSA) is 51.5 Å². The molecule has 1 aromatic heterocycles. The summed E-state index contributed by atoms with van der Waals surface area (Å²) in [5, 5.41) is 3.88. The number of amides is 1. The number of rotatable bonds is 5. The molecule has 0 radical (unpaired) electrons. The summed E-state index contributed by atoms with van der Waals surface area (Å²) in [5.41, 5.74) is 0.767. The van der Waals surface area contributed by atoms with E-state index in [1.165, 1.54) is 12.1 Å². The Bertz CT molecular complexity index is 845. The van der Waals surface area contributed by atoms with E-state index in [-0.39, 0.29) is 29.3 Å². The third kappa shape index (κ3) is 3.68. The predicted molar refractivity (Wildman–Crippen MR) is 89.7 cm³/mol. The monoisotopic (exact) mass is 347 g/mol. The molecule has 3 rings (SSSR count). The standard InChI is InChI=1S/C18H15ClFNO3/c1-11(17-8-12-4-2-3-5-15(12)24-17)21-18(22)10-23-16-7-6-13(20)9-14(16)19/h2-9,11H,10H2,1H3,(H,21,22). The van der Waals surface area contributed by atoms with Crippen LogP contribution in [-0.4, -0.2) is 12.5 Å². The highest BCUT2D eigenvalue weighted by molar-refractivity contribution is 6.32. The first-order valence-electron chi connectivity index (χ1n) is 7.38. The average Bonchev–Trinajstić information content (AvgIpc) is 2.98. The van der Waals surface area contributed by atoms with Crippen LogP contribution in [0.5, 0.6) is 5.75 Å². The zero-order valence-corrected chi connectivity index (χ0v) is 13.6. The Morgan fingerprint density at radius 2 is 2.08 bits per heavy atom. The van der Waals surface area contributed by atoms with E-state index in [0.29, 0.717) is 5.76 Å². The van der Waals surface area contributed by atoms with Gasteiger partial charge in [-0.3, -0.25) is 4.79 Å². The number of para-hydroxylation sites is 1. The zero-order valence-electron chi connectivity index (χ0n) is 12.9. The molecule has 24 heavy (non-hydrogen) atoms. The van der Waals surface area contributed by atoms with Crippen LogP contribution in [0.1, 0.15) is 18.7 Å². The zero-order chi connectivity index (χ0) is 17.1. The Labute approximate surface area is 143 Å². The molecule has 2 aromatic carbocycles. The minimum absolute atomic E-state index is 0.119. The van der Waals surface area contributed by atoms with Crippen LogP contribution in [0, 0.1) is 5.82 Å². The summed E-state index contributed by atoms with van der Waals surface area (Å²) in [6.45, 7) is 1.59. The Hall–Kier alpha value is -2.53. The molecule has 0 aliphatic heterocycles. The maximum atomic E-state index is 13.0. The number of ether oxygens (including phenoxy) is 1. The van der Waals surface area contributed by atoms with Gasteiger partial charge in [0.1, 0.15) is 22.9 Å². The van der Waals surface area contributed by atoms with Crippen LogP contribution in [0.15, 0.2) is 52.9 Å². The van der Waals surface area contributed by atoms with E-state index in [0.717, 1.165) is 17.0 Å². The average molecular weight is 348 g/mol. The minimum atomic E-state index is -0.463. The summed E-state index contributed by atoms with van der Waals surface area (Å²) in [6, 6.07) is 12.9. The molecule has 1 unspecified atom stereocenters. The van der Waals surface area contributed by atoms with Crippen LogP contribution in [0.4, 0.5) is 4.39 Å². The number of benzene rings is 2. The first kappa shape index (κ1) is 16.3. The molecule has 0 aliphatic carbocycles. The second-order valence-corrected chi connectivity index (χ2v) is 5.75. The third-order valence-corrected chi connectivity index (χ3v) is 3.80. The van der Waals surface area contributed by atoms with Crippen LogP contribution in [-0.2, 0) is 4.79 Å². The third-order valence-electron chi connectivity index (χ3n) is 3.50. The first-order chi connectivity index (χ1) is 11.5. The fraction of sp³-hybridized carbons (Fsp3) is 0.167. The van der Waals surface area contributed by atoms with Gasteiger partial charge >= 0.3 is 0 Å². The van der Waals surface area contributed by atoms with Crippen molar-refractivity contribution in [1.29, 1.82) is 0 Å². The highest BCUT2D eigenvalue weighted by Gasteiger charge is 2.15. The van der Waals surface area contributed by atoms with Gasteiger partial charge in [-0.05, 0) is 37.3 Å². The van der Waals surface area contributed by atoms with Crippen LogP contribution >= 0.6 is 11.6 Å². The van der Waals surface area contributed by atoms with E-state index in [4.69, 9.17) is 20.8 Å². The van der Waals surface area contributed by atoms with E-state index in [1.807, 2.05) is 37.3 Å². The number of hydrogen-bond donors (Lipinski definition) is 1. The fourth-order valence-electron chi connectivity index (χ4n) is 2.31. The normalized spacial score (nSPS) is 12.1. The Balaban J connectivity index is 1.59. The van der Waals surface area contributed by atoms with Crippen molar-refractivity contribution in [3.63, 3.8) is 0 Å². The number of halogens is 2. The number of carbonyl (C=O) groups is 1. The quantitative estimate of drug-likeness (QED) is 0.740. The van der Waals surface area contributed by atoms with Gasteiger partial charge in [0.05, 0.1) is 11.1 Å². The van der Waals surface area contributed by atoms with Crippen molar-refractivity contribution in [3.05, 3.63) is 65.1 Å². The second kappa shape index (κ2) is 6.93. The highest BCUT2D eigenvalue weighted by Crippen LogP contribution is 2.25. The summed E-state index contributed by atoms with van der Waals surface area (Å²) >= 11 is 5.85. The van der Waals surface area contributed by atoms with Gasteiger partial charge in [0.15, 0.2) is 6.61 Å². The molecule has 1 amide bonds. The van der Waals surface area contributed by atoms with Gasteiger partial charge in [-0.15, -0.1) is 0 Å². The molecule has 1 atom stereocenters. The van der Waals surface area contributed by atoms with Crippen molar-refractivity contribution < 1.29 is 18.3 Å². The summed E-state index contributed by atoms with van der Waals surface area (Å²) < 4.78 is 24.0. The Morgan fingerprint density at radius 1 is 1.29 bits per heavy atom. The number of hydrogen-bond acceptors (Lipinski definition) is 3. The molecule has 4 nitrogen and oxygen atoms in total. The number of fused-ring (bicyclic) bond motifs is 1. The minimum Gasteiger partial charge on any atom is -0.482 e. The summed E-state index contributed by atoms with van der Waals surface area (Å²) in [5.74, 6) is 0.118. The molecule has 3 aromatic rings. The maximum Gasteiger partial charge on any atom is 0.258 e. The molecule has 1 heterocycles. The van der Waals surface area contributed by atoms with E-state index < -0.39 is 5.82 Å². The van der Waals surface area contributed by atoms with Crippen LogP contribution in [0.3, 0.4) is 0 Å². The van der Waals surface area contributed by atoms with Gasteiger partial charge in [0, 0.05) is 5.39 Å². The van der Waals surface area contributed by atoms with Gasteiger partial charge in [-0.2, -0.15) is 0 Å². The first-order valence-corrected chi connectivity index (χ1v) is 7.76. The van der Waals surface area contributed by atoms with Crippen molar-refractivity contribution in [2.45, 2.75) is 13.0 Å². The van der Waals surface area contributed by atoms with Gasteiger partial charge in [-0.1, -0.05) is 29.8 Å². The van der Waals surface area contributed by atoms with E-state index in [1.54, 1.807) is 0 Å². The van der Waals surface area contributed by atoms with Crippen molar-refractivity contribution in [2.75, 3.05) is 6.61 Å². The molecule has 6 heteroatoms. The molecule has 0 saturated heterocycles. The lowest BCUT2D eigenvalue weighted by Gasteiger charge is -2.12. The summed E-state index contributed by atoms with van der Waals surface area (Å²) in [6.07, 6.45) is 0. The molecule has 0 spiro atoms. The SMILES string of the molecule is CC(NC(=O)COc1ccc(F)cc1Cl)c1cc2ccccc2o1. The van der Waals surface area contributed by atoms with Crippen LogP contribution in [0.25, 0.3) is 11.0 Å². The van der Waals surface area contributed by atoms with Gasteiger partial charge in [0.2, 0.25) is 0 Å². The van der Waals surface area contributed by atoms with Crippen molar-refractivity contribution in [2.24, 2.45) is 0 Å². The lowest BCUT2D eigenvalue weighted by Crippen LogP contribution is -2.31. The van der Waals surface area contributed by atoms with E-state index in [9.17, 15) is 9.18 Å². The van der Waals surface area contributed by atoms with Crippen LogP contribution in [0.2, 0.25) is 5.02 Å². The highest BCUT2D eigenvalue weighted by atomic mass is 35.5. The number of carbonyl (C=O) groups excluding carboxylic acids is 1. The van der Waals surface area contributed by atoms with Gasteiger partial charge < -0.3 is 14.5 Å². The van der Waals surface area contributed by atoms with Crippen LogP contribution < -0.4 is 10.1 Å². The molecule has 1 N–H and O–H groups in total. The molecule has 0 saturated carbocycles. The summed E-state index contributed by atoms with van der Waals surface area (Å²) in [7, 11) is 0. The predicted octanol–water partition coefficient (Wildman–Crippen LogP) is 4.48. The number of nitrogens with one attached hydrogen (secondary N) is 1. The Morgan fingerprint density at radius 3 is 2.83 bits per heavy atom. The summed E-state index contributed by atoms with van der Waals surface area (Å²) in [4.78, 5) is 12.0. The Kier molecular flexibility index (Phi) is 4.71. The molecule has 0 aliphatic rings. The molecular formula is C18H15ClFNO3. The van der Waals surface area contributed by atoms with Gasteiger partial charge in [-0.25, -0.2) is 4.39 Å². The lowest BCUT2D eigenvalue weighted by atomic mass is 10.2.